The average molecular weight is 214 g/mol. The van der Waals surface area contributed by atoms with Crippen molar-refractivity contribution in [2.75, 3.05) is 0 Å². The summed E-state index contributed by atoms with van der Waals surface area (Å²) in [5.74, 6) is 0.951. The summed E-state index contributed by atoms with van der Waals surface area (Å²) in [4.78, 5) is 0. The lowest BCUT2D eigenvalue weighted by Crippen LogP contribution is -2.05. The van der Waals surface area contributed by atoms with Gasteiger partial charge in [0.2, 0.25) is 0 Å². The predicted octanol–water partition coefficient (Wildman–Crippen LogP) is 4.76. The quantitative estimate of drug-likeness (QED) is 0.634. The fourth-order valence-electron chi connectivity index (χ4n) is 2.52. The maximum Gasteiger partial charge on any atom is -0.0279 e. The van der Waals surface area contributed by atoms with Crippen molar-refractivity contribution < 1.29 is 0 Å². The molecule has 0 amide bonds. The minimum atomic E-state index is 0.951. The van der Waals surface area contributed by atoms with Gasteiger partial charge in [-0.25, -0.2) is 0 Å². The molecule has 0 N–H and O–H groups in total. The van der Waals surface area contributed by atoms with Gasteiger partial charge in [-0.05, 0) is 56.9 Å². The lowest BCUT2D eigenvalue weighted by Gasteiger charge is -2.20. The van der Waals surface area contributed by atoms with Crippen LogP contribution < -0.4 is 0 Å². The molecule has 16 heavy (non-hydrogen) atoms. The Morgan fingerprint density at radius 2 is 2.00 bits per heavy atom. The van der Waals surface area contributed by atoms with E-state index in [1.54, 1.807) is 5.57 Å². The molecule has 1 atom stereocenters. The molecule has 0 radical (unpaired) electrons. The third-order valence-electron chi connectivity index (χ3n) is 3.67. The standard InChI is InChI=1S/C16H22/c1-14-10-12-16(13-11-14)9-5-8-15-6-3-2-4-7-15/h2-4,6-7,10,16H,5,8-9,11-13H2,1H3. The fraction of sp³-hybridized carbons (Fsp3) is 0.500. The lowest BCUT2D eigenvalue weighted by molar-refractivity contribution is 0.424. The van der Waals surface area contributed by atoms with Crippen LogP contribution in [0.1, 0.15) is 44.6 Å². The van der Waals surface area contributed by atoms with E-state index in [4.69, 9.17) is 0 Å². The van der Waals surface area contributed by atoms with Crippen LogP contribution in [0.2, 0.25) is 0 Å². The first kappa shape index (κ1) is 11.4. The number of allylic oxidation sites excluding steroid dienone is 2. The van der Waals surface area contributed by atoms with Crippen LogP contribution in [-0.4, -0.2) is 0 Å². The molecule has 0 bridgehead atoms. The number of hydrogen-bond donors (Lipinski definition) is 0. The van der Waals surface area contributed by atoms with E-state index in [1.807, 2.05) is 0 Å². The minimum Gasteiger partial charge on any atom is -0.0853 e. The highest BCUT2D eigenvalue weighted by molar-refractivity contribution is 5.14. The molecule has 1 unspecified atom stereocenters. The molecule has 0 aromatic heterocycles. The molecular weight excluding hydrogens is 192 g/mol. The van der Waals surface area contributed by atoms with Gasteiger partial charge in [-0.1, -0.05) is 42.0 Å². The van der Waals surface area contributed by atoms with E-state index in [9.17, 15) is 0 Å². The summed E-state index contributed by atoms with van der Waals surface area (Å²) in [6.45, 7) is 2.26. The third kappa shape index (κ3) is 3.52. The van der Waals surface area contributed by atoms with Crippen LogP contribution in [0.3, 0.4) is 0 Å². The second-order valence-corrected chi connectivity index (χ2v) is 5.07. The van der Waals surface area contributed by atoms with Crippen molar-refractivity contribution in [2.45, 2.75) is 45.4 Å². The van der Waals surface area contributed by atoms with Gasteiger partial charge in [0.1, 0.15) is 0 Å². The first-order valence-corrected chi connectivity index (χ1v) is 6.54. The maximum absolute atomic E-state index is 2.44. The minimum absolute atomic E-state index is 0.951. The van der Waals surface area contributed by atoms with Gasteiger partial charge in [-0.3, -0.25) is 0 Å². The Kier molecular flexibility index (Phi) is 4.21. The maximum atomic E-state index is 2.44. The first-order valence-electron chi connectivity index (χ1n) is 6.54. The Morgan fingerprint density at radius 3 is 2.69 bits per heavy atom. The highest BCUT2D eigenvalue weighted by Gasteiger charge is 2.11. The van der Waals surface area contributed by atoms with Crippen molar-refractivity contribution >= 4 is 0 Å². The predicted molar refractivity (Wildman–Crippen MR) is 70.5 cm³/mol. The van der Waals surface area contributed by atoms with Gasteiger partial charge in [-0.2, -0.15) is 0 Å². The van der Waals surface area contributed by atoms with E-state index in [0.717, 1.165) is 5.92 Å². The summed E-state index contributed by atoms with van der Waals surface area (Å²) in [5.41, 5.74) is 3.09. The molecule has 0 nitrogen and oxygen atoms in total. The zero-order valence-corrected chi connectivity index (χ0v) is 10.3. The van der Waals surface area contributed by atoms with E-state index in [2.05, 4.69) is 43.3 Å². The Bertz CT molecular complexity index is 334. The molecule has 2 rings (SSSR count). The van der Waals surface area contributed by atoms with Gasteiger partial charge in [0.15, 0.2) is 0 Å². The summed E-state index contributed by atoms with van der Waals surface area (Å²) in [6.07, 6.45) is 10.5. The monoisotopic (exact) mass is 214 g/mol. The average Bonchev–Trinajstić information content (AvgIpc) is 2.33. The molecule has 0 fully saturated rings. The molecule has 0 spiro atoms. The van der Waals surface area contributed by atoms with Gasteiger partial charge in [0.05, 0.1) is 0 Å². The third-order valence-corrected chi connectivity index (χ3v) is 3.67. The van der Waals surface area contributed by atoms with Crippen molar-refractivity contribution in [3.63, 3.8) is 0 Å². The van der Waals surface area contributed by atoms with E-state index in [1.165, 1.54) is 44.1 Å². The van der Waals surface area contributed by atoms with Crippen molar-refractivity contribution in [3.8, 4) is 0 Å². The van der Waals surface area contributed by atoms with E-state index in [-0.39, 0.29) is 0 Å². The van der Waals surface area contributed by atoms with E-state index < -0.39 is 0 Å². The molecule has 0 saturated heterocycles. The van der Waals surface area contributed by atoms with Crippen LogP contribution in [0.5, 0.6) is 0 Å². The topological polar surface area (TPSA) is 0 Å². The molecule has 0 aliphatic heterocycles. The zero-order valence-electron chi connectivity index (χ0n) is 10.3. The van der Waals surface area contributed by atoms with Crippen LogP contribution in [0.25, 0.3) is 0 Å². The normalized spacial score (nSPS) is 20.6. The van der Waals surface area contributed by atoms with E-state index >= 15 is 0 Å². The number of benzene rings is 1. The highest BCUT2D eigenvalue weighted by atomic mass is 14.2. The second-order valence-electron chi connectivity index (χ2n) is 5.07. The number of rotatable bonds is 4. The zero-order chi connectivity index (χ0) is 11.2. The molecule has 1 aliphatic rings. The largest absolute Gasteiger partial charge is 0.0853 e. The van der Waals surface area contributed by atoms with Crippen LogP contribution in [0, 0.1) is 5.92 Å². The molecule has 0 saturated carbocycles. The van der Waals surface area contributed by atoms with Gasteiger partial charge in [0, 0.05) is 0 Å². The smallest absolute Gasteiger partial charge is 0.0279 e. The van der Waals surface area contributed by atoms with Gasteiger partial charge < -0.3 is 0 Å². The highest BCUT2D eigenvalue weighted by Crippen LogP contribution is 2.27. The SMILES string of the molecule is CC1=CCC(CCCc2ccccc2)CC1. The van der Waals surface area contributed by atoms with Crippen molar-refractivity contribution in [2.24, 2.45) is 5.92 Å². The first-order chi connectivity index (χ1) is 7.84. The Hall–Kier alpha value is -1.04. The molecule has 0 heteroatoms. The number of hydrogen-bond acceptors (Lipinski definition) is 0. The van der Waals surface area contributed by atoms with Crippen molar-refractivity contribution in [1.82, 2.24) is 0 Å². The van der Waals surface area contributed by atoms with E-state index in [0.29, 0.717) is 0 Å². The Morgan fingerprint density at radius 1 is 1.19 bits per heavy atom. The van der Waals surface area contributed by atoms with Gasteiger partial charge in [-0.15, -0.1) is 0 Å². The summed E-state index contributed by atoms with van der Waals surface area (Å²) >= 11 is 0. The second kappa shape index (κ2) is 5.89. The summed E-state index contributed by atoms with van der Waals surface area (Å²) in [6, 6.07) is 10.9. The van der Waals surface area contributed by atoms with Crippen LogP contribution >= 0.6 is 0 Å². The van der Waals surface area contributed by atoms with Crippen molar-refractivity contribution in [1.29, 1.82) is 0 Å². The molecule has 86 valence electrons. The van der Waals surface area contributed by atoms with Crippen LogP contribution in [0.4, 0.5) is 0 Å². The molecule has 1 aromatic carbocycles. The fourth-order valence-corrected chi connectivity index (χ4v) is 2.52. The van der Waals surface area contributed by atoms with Crippen LogP contribution in [-0.2, 0) is 6.42 Å². The Balaban J connectivity index is 1.69. The summed E-state index contributed by atoms with van der Waals surface area (Å²) < 4.78 is 0. The summed E-state index contributed by atoms with van der Waals surface area (Å²) in [5, 5.41) is 0. The number of aryl methyl sites for hydroxylation is 1. The van der Waals surface area contributed by atoms with Crippen LogP contribution in [0.15, 0.2) is 42.0 Å². The molecule has 0 heterocycles. The Labute approximate surface area is 99.4 Å². The molecule has 1 aliphatic carbocycles. The summed E-state index contributed by atoms with van der Waals surface area (Å²) in [7, 11) is 0. The molecular formula is C16H22. The van der Waals surface area contributed by atoms with Gasteiger partial charge in [0.25, 0.3) is 0 Å². The molecule has 1 aromatic rings. The van der Waals surface area contributed by atoms with Crippen molar-refractivity contribution in [3.05, 3.63) is 47.5 Å². The lowest BCUT2D eigenvalue weighted by atomic mass is 9.86. The van der Waals surface area contributed by atoms with Gasteiger partial charge >= 0.3 is 0 Å².